The monoisotopic (exact) mass is 388 g/mol. The maximum atomic E-state index is 6.16. The normalized spacial score (nSPS) is 18.2. The topological polar surface area (TPSA) is 55.1 Å². The van der Waals surface area contributed by atoms with Gasteiger partial charge in [-0.25, -0.2) is 0 Å². The average molecular weight is 389 g/mol. The summed E-state index contributed by atoms with van der Waals surface area (Å²) in [5.74, 6) is 1.10. The van der Waals surface area contributed by atoms with E-state index >= 15 is 0 Å². The number of benzene rings is 1. The van der Waals surface area contributed by atoms with Crippen molar-refractivity contribution in [3.05, 3.63) is 64.1 Å². The van der Waals surface area contributed by atoms with Crippen molar-refractivity contribution in [2.75, 3.05) is 6.54 Å². The van der Waals surface area contributed by atoms with Crippen LogP contribution >= 0.6 is 23.2 Å². The Morgan fingerprint density at radius 2 is 2.00 bits per heavy atom. The van der Waals surface area contributed by atoms with Gasteiger partial charge in [-0.1, -0.05) is 41.8 Å². The number of nitrogens with zero attached hydrogens (tertiary/aromatic N) is 4. The fourth-order valence-electron chi connectivity index (χ4n) is 3.29. The van der Waals surface area contributed by atoms with Crippen LogP contribution in [0.4, 0.5) is 0 Å². The summed E-state index contributed by atoms with van der Waals surface area (Å²) in [6.45, 7) is 1.75. The van der Waals surface area contributed by atoms with E-state index in [0.29, 0.717) is 27.5 Å². The van der Waals surface area contributed by atoms with Crippen LogP contribution < -0.4 is 0 Å². The zero-order valence-corrected chi connectivity index (χ0v) is 15.6. The summed E-state index contributed by atoms with van der Waals surface area (Å²) < 4.78 is 5.95. The Bertz CT molecular complexity index is 884. The zero-order chi connectivity index (χ0) is 17.9. The van der Waals surface area contributed by atoms with Gasteiger partial charge in [-0.2, -0.15) is 0 Å². The van der Waals surface area contributed by atoms with Crippen LogP contribution in [-0.4, -0.2) is 26.6 Å². The van der Waals surface area contributed by atoms with Crippen molar-refractivity contribution in [2.45, 2.75) is 31.8 Å². The van der Waals surface area contributed by atoms with Gasteiger partial charge in [-0.15, -0.1) is 10.2 Å². The quantitative estimate of drug-likeness (QED) is 0.617. The number of likely N-dealkylation sites (tertiary alicyclic amines) is 1. The molecule has 3 aromatic rings. The summed E-state index contributed by atoms with van der Waals surface area (Å²) in [7, 11) is 0. The zero-order valence-electron chi connectivity index (χ0n) is 14.1. The van der Waals surface area contributed by atoms with Crippen LogP contribution in [0.2, 0.25) is 10.0 Å². The lowest BCUT2D eigenvalue weighted by atomic mass is 10.0. The van der Waals surface area contributed by atoms with Gasteiger partial charge in [-0.3, -0.25) is 9.88 Å². The Morgan fingerprint density at radius 3 is 2.81 bits per heavy atom. The lowest BCUT2D eigenvalue weighted by Crippen LogP contribution is -2.33. The first kappa shape index (κ1) is 17.5. The van der Waals surface area contributed by atoms with Crippen molar-refractivity contribution in [3.63, 3.8) is 0 Å². The van der Waals surface area contributed by atoms with Crippen LogP contribution in [-0.2, 0) is 6.54 Å². The number of halogens is 2. The van der Waals surface area contributed by atoms with E-state index < -0.39 is 0 Å². The number of rotatable bonds is 4. The fourth-order valence-corrected chi connectivity index (χ4v) is 3.62. The molecule has 1 aromatic carbocycles. The first-order valence-electron chi connectivity index (χ1n) is 8.63. The van der Waals surface area contributed by atoms with E-state index in [9.17, 15) is 0 Å². The largest absolute Gasteiger partial charge is 0.418 e. The molecule has 7 heteroatoms. The molecule has 3 heterocycles. The molecule has 1 fully saturated rings. The molecule has 1 saturated heterocycles. The van der Waals surface area contributed by atoms with E-state index in [4.69, 9.17) is 27.6 Å². The number of pyridine rings is 1. The molecule has 0 aliphatic carbocycles. The maximum absolute atomic E-state index is 6.16. The van der Waals surface area contributed by atoms with Crippen LogP contribution in [0.25, 0.3) is 11.6 Å². The Balaban J connectivity index is 1.56. The number of hydrogen-bond acceptors (Lipinski definition) is 5. The molecule has 1 aliphatic rings. The SMILES string of the molecule is Clc1ccc(CN2CCCCC2c2nnc(-c3ccccn3)o2)cc1Cl. The van der Waals surface area contributed by atoms with E-state index in [1.54, 1.807) is 6.20 Å². The highest BCUT2D eigenvalue weighted by Gasteiger charge is 2.29. The molecule has 4 rings (SSSR count). The predicted molar refractivity (Wildman–Crippen MR) is 101 cm³/mol. The summed E-state index contributed by atoms with van der Waals surface area (Å²) in [4.78, 5) is 6.64. The summed E-state index contributed by atoms with van der Waals surface area (Å²) in [6, 6.07) is 11.5. The van der Waals surface area contributed by atoms with Gasteiger partial charge in [0.2, 0.25) is 5.89 Å². The molecule has 1 aliphatic heterocycles. The molecule has 0 amide bonds. The molecular formula is C19H18Cl2N4O. The molecular weight excluding hydrogens is 371 g/mol. The third kappa shape index (κ3) is 3.75. The van der Waals surface area contributed by atoms with E-state index in [1.165, 1.54) is 0 Å². The third-order valence-corrected chi connectivity index (χ3v) is 5.33. The molecule has 0 bridgehead atoms. The smallest absolute Gasteiger partial charge is 0.266 e. The Morgan fingerprint density at radius 1 is 1.08 bits per heavy atom. The average Bonchev–Trinajstić information content (AvgIpc) is 3.16. The summed E-state index contributed by atoms with van der Waals surface area (Å²) in [5, 5.41) is 9.63. The molecule has 0 radical (unpaired) electrons. The highest BCUT2D eigenvalue weighted by atomic mass is 35.5. The summed E-state index contributed by atoms with van der Waals surface area (Å²) in [6.07, 6.45) is 5.00. The van der Waals surface area contributed by atoms with E-state index in [-0.39, 0.29) is 6.04 Å². The van der Waals surface area contributed by atoms with Crippen LogP contribution in [0.15, 0.2) is 47.0 Å². The first-order valence-corrected chi connectivity index (χ1v) is 9.39. The van der Waals surface area contributed by atoms with Crippen LogP contribution in [0.3, 0.4) is 0 Å². The van der Waals surface area contributed by atoms with Gasteiger partial charge < -0.3 is 4.42 Å². The fraction of sp³-hybridized carbons (Fsp3) is 0.316. The minimum absolute atomic E-state index is 0.100. The lowest BCUT2D eigenvalue weighted by molar-refractivity contribution is 0.118. The lowest BCUT2D eigenvalue weighted by Gasteiger charge is -2.33. The summed E-state index contributed by atoms with van der Waals surface area (Å²) in [5.41, 5.74) is 1.81. The second-order valence-corrected chi connectivity index (χ2v) is 7.21. The minimum atomic E-state index is 0.100. The van der Waals surface area contributed by atoms with Crippen molar-refractivity contribution in [3.8, 4) is 11.6 Å². The number of aromatic nitrogens is 3. The van der Waals surface area contributed by atoms with Crippen molar-refractivity contribution < 1.29 is 4.42 Å². The van der Waals surface area contributed by atoms with Gasteiger partial charge in [0.1, 0.15) is 5.69 Å². The Labute approximate surface area is 162 Å². The maximum Gasteiger partial charge on any atom is 0.266 e. The van der Waals surface area contributed by atoms with Gasteiger partial charge in [0, 0.05) is 12.7 Å². The second kappa shape index (κ2) is 7.74. The van der Waals surface area contributed by atoms with Crippen LogP contribution in [0, 0.1) is 0 Å². The van der Waals surface area contributed by atoms with Crippen LogP contribution in [0.5, 0.6) is 0 Å². The van der Waals surface area contributed by atoms with E-state index in [1.807, 2.05) is 36.4 Å². The predicted octanol–water partition coefficient (Wildman–Crippen LogP) is 5.17. The van der Waals surface area contributed by atoms with Crippen molar-refractivity contribution in [2.24, 2.45) is 0 Å². The molecule has 2 aromatic heterocycles. The molecule has 1 atom stereocenters. The highest BCUT2D eigenvalue weighted by molar-refractivity contribution is 6.42. The van der Waals surface area contributed by atoms with Crippen molar-refractivity contribution >= 4 is 23.2 Å². The van der Waals surface area contributed by atoms with Gasteiger partial charge in [0.05, 0.1) is 16.1 Å². The third-order valence-electron chi connectivity index (χ3n) is 4.59. The van der Waals surface area contributed by atoms with Crippen molar-refractivity contribution in [1.82, 2.24) is 20.1 Å². The molecule has 26 heavy (non-hydrogen) atoms. The molecule has 0 spiro atoms. The molecule has 5 nitrogen and oxygen atoms in total. The molecule has 1 unspecified atom stereocenters. The van der Waals surface area contributed by atoms with Gasteiger partial charge >= 0.3 is 0 Å². The minimum Gasteiger partial charge on any atom is -0.418 e. The van der Waals surface area contributed by atoms with Crippen LogP contribution in [0.1, 0.15) is 36.8 Å². The molecule has 0 N–H and O–H groups in total. The van der Waals surface area contributed by atoms with Gasteiger partial charge in [0.15, 0.2) is 0 Å². The highest BCUT2D eigenvalue weighted by Crippen LogP contribution is 2.33. The molecule has 134 valence electrons. The number of piperidine rings is 1. The molecule has 0 saturated carbocycles. The van der Waals surface area contributed by atoms with E-state index in [0.717, 1.165) is 37.9 Å². The van der Waals surface area contributed by atoms with Gasteiger partial charge in [0.25, 0.3) is 5.89 Å². The van der Waals surface area contributed by atoms with Crippen molar-refractivity contribution in [1.29, 1.82) is 0 Å². The van der Waals surface area contributed by atoms with E-state index in [2.05, 4.69) is 20.1 Å². The number of hydrogen-bond donors (Lipinski definition) is 0. The second-order valence-electron chi connectivity index (χ2n) is 6.39. The Hall–Kier alpha value is -1.95. The first-order chi connectivity index (χ1) is 12.7. The van der Waals surface area contributed by atoms with Gasteiger partial charge in [-0.05, 0) is 49.2 Å². The summed E-state index contributed by atoms with van der Waals surface area (Å²) >= 11 is 12.2. The Kier molecular flexibility index (Phi) is 5.20. The standard InChI is InChI=1S/C19H18Cl2N4O/c20-14-8-7-13(11-15(14)21)12-25-10-4-2-6-17(25)19-24-23-18(26-19)16-5-1-3-9-22-16/h1,3,5,7-9,11,17H,2,4,6,10,12H2.